The zero-order valence-corrected chi connectivity index (χ0v) is 8.63. The van der Waals surface area contributed by atoms with Crippen LogP contribution in [-0.2, 0) is 9.59 Å². The van der Waals surface area contributed by atoms with Crippen molar-refractivity contribution in [3.05, 3.63) is 0 Å². The zero-order valence-electron chi connectivity index (χ0n) is 8.63. The van der Waals surface area contributed by atoms with E-state index in [0.717, 1.165) is 0 Å². The second-order valence-corrected chi connectivity index (χ2v) is 3.90. The Bertz CT molecular complexity index is 307. The average Bonchev–Trinajstić information content (AvgIpc) is 2.13. The number of aliphatic imine (C=N–C) groups is 1. The van der Waals surface area contributed by atoms with Crippen LogP contribution in [0.4, 0.5) is 0 Å². The van der Waals surface area contributed by atoms with Crippen LogP contribution in [0.2, 0.25) is 0 Å². The molecule has 0 saturated heterocycles. The third kappa shape index (κ3) is 1.68. The van der Waals surface area contributed by atoms with Crippen molar-refractivity contribution >= 4 is 17.6 Å². The molecule has 1 unspecified atom stereocenters. The second kappa shape index (κ2) is 3.49. The van der Waals surface area contributed by atoms with E-state index in [1.807, 2.05) is 6.92 Å². The predicted molar refractivity (Wildman–Crippen MR) is 52.6 cm³/mol. The Labute approximate surface area is 82.8 Å². The molecular weight excluding hydrogens is 182 g/mol. The number of amidine groups is 1. The fourth-order valence-electron chi connectivity index (χ4n) is 1.02. The molecule has 3 N–H and O–H groups in total. The van der Waals surface area contributed by atoms with Crippen LogP contribution in [0, 0.1) is 5.41 Å². The molecular formula is C9H15N3O2. The van der Waals surface area contributed by atoms with Crippen LogP contribution in [0.15, 0.2) is 4.99 Å². The molecule has 5 nitrogen and oxygen atoms in total. The van der Waals surface area contributed by atoms with Crippen molar-refractivity contribution in [2.45, 2.75) is 33.2 Å². The summed E-state index contributed by atoms with van der Waals surface area (Å²) in [6.45, 7) is 4.95. The largest absolute Gasteiger partial charge is 0.321 e. The number of carbonyl (C=O) groups is 2. The van der Waals surface area contributed by atoms with Crippen molar-refractivity contribution in [3.8, 4) is 0 Å². The number of hydrogen-bond acceptors (Lipinski definition) is 3. The third-order valence-corrected chi connectivity index (χ3v) is 2.36. The Morgan fingerprint density at radius 1 is 1.50 bits per heavy atom. The summed E-state index contributed by atoms with van der Waals surface area (Å²) in [5.41, 5.74) is 4.59. The molecule has 0 saturated carbocycles. The zero-order chi connectivity index (χ0) is 10.9. The van der Waals surface area contributed by atoms with E-state index in [0.29, 0.717) is 6.42 Å². The first-order valence-corrected chi connectivity index (χ1v) is 4.59. The smallest absolute Gasteiger partial charge is 0.262 e. The van der Waals surface area contributed by atoms with Crippen LogP contribution in [0.25, 0.3) is 0 Å². The number of amides is 2. The summed E-state index contributed by atoms with van der Waals surface area (Å²) < 4.78 is 0. The molecule has 1 aliphatic heterocycles. The molecule has 0 aromatic heterocycles. The van der Waals surface area contributed by atoms with E-state index >= 15 is 0 Å². The molecule has 0 spiro atoms. The number of nitrogens with one attached hydrogen (secondary N) is 1. The minimum Gasteiger partial charge on any atom is -0.321 e. The Balaban J connectivity index is 2.97. The molecule has 2 amide bonds. The molecule has 0 aromatic rings. The van der Waals surface area contributed by atoms with E-state index in [1.54, 1.807) is 13.8 Å². The summed E-state index contributed by atoms with van der Waals surface area (Å²) in [7, 11) is 0. The molecule has 0 bridgehead atoms. The Kier molecular flexibility index (Phi) is 2.71. The van der Waals surface area contributed by atoms with Crippen molar-refractivity contribution in [1.82, 2.24) is 5.32 Å². The van der Waals surface area contributed by atoms with Gasteiger partial charge in [0.05, 0.1) is 6.04 Å². The fourth-order valence-corrected chi connectivity index (χ4v) is 1.02. The average molecular weight is 197 g/mol. The van der Waals surface area contributed by atoms with Gasteiger partial charge in [0.15, 0.2) is 0 Å². The summed E-state index contributed by atoms with van der Waals surface area (Å²) >= 11 is 0. The number of nitrogens with two attached hydrogens (primary N) is 1. The van der Waals surface area contributed by atoms with Crippen molar-refractivity contribution in [1.29, 1.82) is 0 Å². The first kappa shape index (κ1) is 10.8. The fraction of sp³-hybridized carbons (Fsp3) is 0.667. The predicted octanol–water partition coefficient (Wildman–Crippen LogP) is -0.195. The minimum absolute atomic E-state index is 0.279. The summed E-state index contributed by atoms with van der Waals surface area (Å²) in [6.07, 6.45) is 0.632. The number of carbonyl (C=O) groups excluding carboxylic acids is 2. The van der Waals surface area contributed by atoms with Gasteiger partial charge in [0.25, 0.3) is 5.91 Å². The first-order valence-electron chi connectivity index (χ1n) is 4.59. The molecule has 0 fully saturated rings. The Morgan fingerprint density at radius 3 is 2.50 bits per heavy atom. The molecule has 14 heavy (non-hydrogen) atoms. The van der Waals surface area contributed by atoms with E-state index in [9.17, 15) is 9.59 Å². The molecule has 0 aromatic carbocycles. The topological polar surface area (TPSA) is 84.5 Å². The first-order chi connectivity index (χ1) is 6.39. The second-order valence-electron chi connectivity index (χ2n) is 3.90. The number of hydrogen-bond donors (Lipinski definition) is 2. The quantitative estimate of drug-likeness (QED) is 0.601. The van der Waals surface area contributed by atoms with Gasteiger partial charge in [-0.3, -0.25) is 9.59 Å². The van der Waals surface area contributed by atoms with Gasteiger partial charge in [0.1, 0.15) is 11.3 Å². The lowest BCUT2D eigenvalue weighted by Crippen LogP contribution is -2.54. The molecule has 0 radical (unpaired) electrons. The third-order valence-electron chi connectivity index (χ3n) is 2.36. The van der Waals surface area contributed by atoms with Crippen molar-refractivity contribution in [3.63, 3.8) is 0 Å². The lowest BCUT2D eigenvalue weighted by atomic mass is 9.89. The normalized spacial score (nSPS) is 22.7. The van der Waals surface area contributed by atoms with Gasteiger partial charge in [-0.1, -0.05) is 6.92 Å². The highest BCUT2D eigenvalue weighted by Crippen LogP contribution is 2.20. The van der Waals surface area contributed by atoms with Crippen molar-refractivity contribution < 1.29 is 9.59 Å². The Hall–Kier alpha value is -1.23. The van der Waals surface area contributed by atoms with Crippen molar-refractivity contribution in [2.75, 3.05) is 0 Å². The van der Waals surface area contributed by atoms with Gasteiger partial charge in [-0.05, 0) is 20.3 Å². The molecule has 1 rings (SSSR count). The standard InChI is InChI=1S/C9H15N3O2/c1-4-5(10)6-11-7(13)9(2,3)8(14)12-6/h5H,4,10H2,1-3H3,(H,11,12,13,14). The van der Waals surface area contributed by atoms with Crippen LogP contribution in [0.3, 0.4) is 0 Å². The van der Waals surface area contributed by atoms with Crippen molar-refractivity contribution in [2.24, 2.45) is 16.1 Å². The summed E-state index contributed by atoms with van der Waals surface area (Å²) in [4.78, 5) is 26.7. The van der Waals surface area contributed by atoms with Gasteiger partial charge >= 0.3 is 0 Å². The maximum Gasteiger partial charge on any atom is 0.262 e. The highest BCUT2D eigenvalue weighted by atomic mass is 16.2. The van der Waals surface area contributed by atoms with E-state index in [-0.39, 0.29) is 17.8 Å². The van der Waals surface area contributed by atoms with E-state index in [1.165, 1.54) is 0 Å². The number of nitrogens with zero attached hydrogens (tertiary/aromatic N) is 1. The highest BCUT2D eigenvalue weighted by Gasteiger charge is 2.40. The van der Waals surface area contributed by atoms with Crippen LogP contribution in [0.1, 0.15) is 27.2 Å². The van der Waals surface area contributed by atoms with Crippen LogP contribution in [-0.4, -0.2) is 23.7 Å². The summed E-state index contributed by atoms with van der Waals surface area (Å²) in [6, 6.07) is -0.376. The van der Waals surface area contributed by atoms with Gasteiger partial charge in [-0.25, -0.2) is 0 Å². The van der Waals surface area contributed by atoms with E-state index < -0.39 is 11.3 Å². The molecule has 1 atom stereocenters. The highest BCUT2D eigenvalue weighted by molar-refractivity contribution is 6.19. The SMILES string of the molecule is CCC(N)C1=NC(=O)C(C)(C)C(=O)N1. The maximum atomic E-state index is 11.5. The van der Waals surface area contributed by atoms with Gasteiger partial charge in [0, 0.05) is 0 Å². The van der Waals surface area contributed by atoms with Crippen LogP contribution >= 0.6 is 0 Å². The van der Waals surface area contributed by atoms with Gasteiger partial charge in [-0.2, -0.15) is 4.99 Å². The van der Waals surface area contributed by atoms with Gasteiger partial charge in [0.2, 0.25) is 5.91 Å². The van der Waals surface area contributed by atoms with Gasteiger partial charge in [-0.15, -0.1) is 0 Å². The molecule has 5 heteroatoms. The number of rotatable bonds is 2. The minimum atomic E-state index is -1.07. The van der Waals surface area contributed by atoms with Gasteiger partial charge < -0.3 is 11.1 Å². The Morgan fingerprint density at radius 2 is 2.07 bits per heavy atom. The van der Waals surface area contributed by atoms with E-state index in [2.05, 4.69) is 10.3 Å². The summed E-state index contributed by atoms with van der Waals surface area (Å²) in [5.74, 6) is -0.488. The van der Waals surface area contributed by atoms with Crippen LogP contribution in [0.5, 0.6) is 0 Å². The summed E-state index contributed by atoms with van der Waals surface area (Å²) in [5, 5.41) is 2.55. The van der Waals surface area contributed by atoms with Crippen LogP contribution < -0.4 is 11.1 Å². The lowest BCUT2D eigenvalue weighted by molar-refractivity contribution is -0.139. The molecule has 1 aliphatic rings. The maximum absolute atomic E-state index is 11.5. The molecule has 0 aliphatic carbocycles. The molecule has 1 heterocycles. The van der Waals surface area contributed by atoms with E-state index in [4.69, 9.17) is 5.73 Å². The molecule has 78 valence electrons. The lowest BCUT2D eigenvalue weighted by Gasteiger charge is -2.27. The monoisotopic (exact) mass is 197 g/mol.